The van der Waals surface area contributed by atoms with Crippen LogP contribution in [0.3, 0.4) is 0 Å². The molecule has 0 fully saturated rings. The lowest BCUT2D eigenvalue weighted by molar-refractivity contribution is -0.121. The highest BCUT2D eigenvalue weighted by molar-refractivity contribution is 5.91. The zero-order valence-corrected chi connectivity index (χ0v) is 16.8. The Morgan fingerprint density at radius 3 is 2.68 bits per heavy atom. The third-order valence-corrected chi connectivity index (χ3v) is 4.75. The van der Waals surface area contributed by atoms with Gasteiger partial charge in [0.05, 0.1) is 11.8 Å². The van der Waals surface area contributed by atoms with Crippen LogP contribution in [-0.2, 0) is 4.79 Å². The molecule has 0 saturated carbocycles. The van der Waals surface area contributed by atoms with E-state index in [-0.39, 0.29) is 11.9 Å². The van der Waals surface area contributed by atoms with Crippen molar-refractivity contribution in [3.63, 3.8) is 0 Å². The fourth-order valence-corrected chi connectivity index (χ4v) is 3.10. The van der Waals surface area contributed by atoms with Gasteiger partial charge in [0.25, 0.3) is 0 Å². The van der Waals surface area contributed by atoms with E-state index in [4.69, 9.17) is 9.40 Å². The number of carbonyl (C=O) groups is 1. The normalized spacial score (nSPS) is 12.1. The molecule has 0 bridgehead atoms. The number of aromatic nitrogens is 2. The molecule has 0 saturated heterocycles. The van der Waals surface area contributed by atoms with E-state index in [0.29, 0.717) is 24.6 Å². The maximum atomic E-state index is 12.3. The monoisotopic (exact) mass is 380 g/mol. The first-order valence-electron chi connectivity index (χ1n) is 9.97. The second-order valence-electron chi connectivity index (χ2n) is 6.98. The molecule has 0 unspecified atom stereocenters. The Morgan fingerprint density at radius 2 is 1.96 bits per heavy atom. The summed E-state index contributed by atoms with van der Waals surface area (Å²) in [7, 11) is 0. The maximum Gasteiger partial charge on any atom is 0.221 e. The predicted molar refractivity (Wildman–Crippen MR) is 112 cm³/mol. The molecule has 1 aromatic carbocycles. The van der Waals surface area contributed by atoms with Gasteiger partial charge in [-0.05, 0) is 44.0 Å². The van der Waals surface area contributed by atoms with Crippen LogP contribution in [0.15, 0.2) is 47.1 Å². The highest BCUT2D eigenvalue weighted by Gasteiger charge is 2.17. The van der Waals surface area contributed by atoms with E-state index in [0.717, 1.165) is 36.1 Å². The van der Waals surface area contributed by atoms with Crippen molar-refractivity contribution in [2.45, 2.75) is 46.1 Å². The van der Waals surface area contributed by atoms with Crippen LogP contribution in [0.1, 0.15) is 40.0 Å². The van der Waals surface area contributed by atoms with Gasteiger partial charge in [0, 0.05) is 30.9 Å². The number of hydrogen-bond acceptors (Lipinski definition) is 5. The summed E-state index contributed by atoms with van der Waals surface area (Å²) in [5.74, 6) is 2.11. The summed E-state index contributed by atoms with van der Waals surface area (Å²) in [4.78, 5) is 23.9. The predicted octanol–water partition coefficient (Wildman–Crippen LogP) is 4.41. The lowest BCUT2D eigenvalue weighted by Gasteiger charge is -2.25. The zero-order chi connectivity index (χ0) is 19.9. The van der Waals surface area contributed by atoms with Crippen molar-refractivity contribution in [3.05, 3.63) is 42.7 Å². The number of amides is 1. The van der Waals surface area contributed by atoms with Crippen molar-refractivity contribution >= 4 is 22.6 Å². The molecule has 1 atom stereocenters. The zero-order valence-electron chi connectivity index (χ0n) is 16.8. The van der Waals surface area contributed by atoms with E-state index in [9.17, 15) is 4.79 Å². The van der Waals surface area contributed by atoms with Gasteiger partial charge < -0.3 is 14.6 Å². The SMILES string of the molecule is CCCN(CCC(=O)N[C@@H](C)CC)c1nc(-c2ccco2)nc2ccccc12. The molecule has 0 aliphatic carbocycles. The molecule has 2 aromatic heterocycles. The highest BCUT2D eigenvalue weighted by atomic mass is 16.3. The fraction of sp³-hybridized carbons (Fsp3) is 0.409. The molecule has 1 N–H and O–H groups in total. The number of nitrogens with zero attached hydrogens (tertiary/aromatic N) is 3. The Labute approximate surface area is 166 Å². The molecular formula is C22H28N4O2. The topological polar surface area (TPSA) is 71.3 Å². The number of para-hydroxylation sites is 1. The smallest absolute Gasteiger partial charge is 0.221 e. The third kappa shape index (κ3) is 4.68. The Morgan fingerprint density at radius 1 is 1.14 bits per heavy atom. The van der Waals surface area contributed by atoms with Crippen molar-refractivity contribution in [2.75, 3.05) is 18.0 Å². The van der Waals surface area contributed by atoms with Crippen LogP contribution >= 0.6 is 0 Å². The molecule has 6 nitrogen and oxygen atoms in total. The van der Waals surface area contributed by atoms with Gasteiger partial charge in [-0.2, -0.15) is 0 Å². The molecule has 6 heteroatoms. The van der Waals surface area contributed by atoms with E-state index in [1.54, 1.807) is 6.26 Å². The first-order chi connectivity index (χ1) is 13.6. The van der Waals surface area contributed by atoms with Crippen LogP contribution in [-0.4, -0.2) is 35.0 Å². The molecule has 0 radical (unpaired) electrons. The van der Waals surface area contributed by atoms with E-state index < -0.39 is 0 Å². The first kappa shape index (κ1) is 19.9. The summed E-state index contributed by atoms with van der Waals surface area (Å²) in [6.45, 7) is 7.64. The maximum absolute atomic E-state index is 12.3. The molecule has 0 aliphatic rings. The lowest BCUT2D eigenvalue weighted by Crippen LogP contribution is -2.36. The molecule has 3 aromatic rings. The molecule has 3 rings (SSSR count). The first-order valence-corrected chi connectivity index (χ1v) is 9.97. The van der Waals surface area contributed by atoms with Gasteiger partial charge in [-0.15, -0.1) is 0 Å². The van der Waals surface area contributed by atoms with Crippen LogP contribution in [0.2, 0.25) is 0 Å². The minimum Gasteiger partial charge on any atom is -0.461 e. The Balaban J connectivity index is 1.92. The number of carbonyl (C=O) groups excluding carboxylic acids is 1. The minimum absolute atomic E-state index is 0.0695. The van der Waals surface area contributed by atoms with Crippen molar-refractivity contribution < 1.29 is 9.21 Å². The van der Waals surface area contributed by atoms with E-state index >= 15 is 0 Å². The number of fused-ring (bicyclic) bond motifs is 1. The number of benzene rings is 1. The largest absolute Gasteiger partial charge is 0.461 e. The van der Waals surface area contributed by atoms with E-state index in [2.05, 4.69) is 29.0 Å². The van der Waals surface area contributed by atoms with Gasteiger partial charge in [-0.3, -0.25) is 4.79 Å². The van der Waals surface area contributed by atoms with Crippen molar-refractivity contribution in [1.29, 1.82) is 0 Å². The molecule has 28 heavy (non-hydrogen) atoms. The highest BCUT2D eigenvalue weighted by Crippen LogP contribution is 2.28. The Bertz CT molecular complexity index is 908. The second-order valence-corrected chi connectivity index (χ2v) is 6.98. The summed E-state index contributed by atoms with van der Waals surface area (Å²) in [5, 5.41) is 4.02. The molecule has 1 amide bonds. The van der Waals surface area contributed by atoms with E-state index in [1.165, 1.54) is 0 Å². The van der Waals surface area contributed by atoms with Gasteiger partial charge in [-0.1, -0.05) is 26.0 Å². The Kier molecular flexibility index (Phi) is 6.63. The molecule has 0 aliphatic heterocycles. The Hall–Kier alpha value is -2.89. The minimum atomic E-state index is 0.0695. The molecular weight excluding hydrogens is 352 g/mol. The summed E-state index contributed by atoms with van der Waals surface area (Å²) in [6, 6.07) is 11.8. The molecule has 0 spiro atoms. The quantitative estimate of drug-likeness (QED) is 0.595. The lowest BCUT2D eigenvalue weighted by atomic mass is 10.2. The van der Waals surface area contributed by atoms with Crippen LogP contribution < -0.4 is 10.2 Å². The van der Waals surface area contributed by atoms with E-state index in [1.807, 2.05) is 43.3 Å². The van der Waals surface area contributed by atoms with Crippen molar-refractivity contribution in [1.82, 2.24) is 15.3 Å². The second kappa shape index (κ2) is 9.35. The van der Waals surface area contributed by atoms with Crippen LogP contribution in [0.25, 0.3) is 22.5 Å². The third-order valence-electron chi connectivity index (χ3n) is 4.75. The van der Waals surface area contributed by atoms with Crippen LogP contribution in [0.5, 0.6) is 0 Å². The number of hydrogen-bond donors (Lipinski definition) is 1. The summed E-state index contributed by atoms with van der Waals surface area (Å²) < 4.78 is 5.51. The fourth-order valence-electron chi connectivity index (χ4n) is 3.10. The van der Waals surface area contributed by atoms with Gasteiger partial charge in [0.1, 0.15) is 5.82 Å². The van der Waals surface area contributed by atoms with Crippen molar-refractivity contribution in [2.24, 2.45) is 0 Å². The number of rotatable bonds is 9. The summed E-state index contributed by atoms with van der Waals surface area (Å²) in [5.41, 5.74) is 0.865. The number of anilines is 1. The van der Waals surface area contributed by atoms with Crippen LogP contribution in [0.4, 0.5) is 5.82 Å². The summed E-state index contributed by atoms with van der Waals surface area (Å²) >= 11 is 0. The van der Waals surface area contributed by atoms with Gasteiger partial charge >= 0.3 is 0 Å². The average molecular weight is 380 g/mol. The van der Waals surface area contributed by atoms with Crippen molar-refractivity contribution in [3.8, 4) is 11.6 Å². The molecule has 2 heterocycles. The molecule has 148 valence electrons. The van der Waals surface area contributed by atoms with Crippen LogP contribution in [0, 0.1) is 0 Å². The standard InChI is InChI=1S/C22H28N4O2/c1-4-13-26(14-12-20(27)23-16(3)5-2)22-17-9-6-7-10-18(17)24-21(25-22)19-11-8-15-28-19/h6-11,15-16H,4-5,12-14H2,1-3H3,(H,23,27)/t16-/m0/s1. The van der Waals surface area contributed by atoms with Gasteiger partial charge in [0.2, 0.25) is 5.91 Å². The van der Waals surface area contributed by atoms with Gasteiger partial charge in [-0.25, -0.2) is 9.97 Å². The average Bonchev–Trinajstić information content (AvgIpc) is 3.25. The van der Waals surface area contributed by atoms with Gasteiger partial charge in [0.15, 0.2) is 11.6 Å². The summed E-state index contributed by atoms with van der Waals surface area (Å²) in [6.07, 6.45) is 3.93. The number of furan rings is 1. The number of nitrogens with one attached hydrogen (secondary N) is 1.